The summed E-state index contributed by atoms with van der Waals surface area (Å²) < 4.78 is 39.3. The summed E-state index contributed by atoms with van der Waals surface area (Å²) in [6.07, 6.45) is 0.380. The molecule has 106 valence electrons. The van der Waals surface area contributed by atoms with Crippen molar-refractivity contribution in [2.24, 2.45) is 0 Å². The molecule has 0 spiro atoms. The molecule has 0 heterocycles. The van der Waals surface area contributed by atoms with Gasteiger partial charge in [-0.3, -0.25) is 4.72 Å². The van der Waals surface area contributed by atoms with Crippen molar-refractivity contribution >= 4 is 21.4 Å². The zero-order chi connectivity index (χ0) is 14.6. The fourth-order valence-electron chi connectivity index (χ4n) is 1.73. The van der Waals surface area contributed by atoms with Gasteiger partial charge in [-0.05, 0) is 24.1 Å². The first kappa shape index (κ1) is 14.3. The molecule has 4 nitrogen and oxygen atoms in total. The summed E-state index contributed by atoms with van der Waals surface area (Å²) in [5.74, 6) is -0.632. The number of aryl methyl sites for hydroxylation is 1. The molecule has 20 heavy (non-hydrogen) atoms. The van der Waals surface area contributed by atoms with Crippen LogP contribution >= 0.6 is 0 Å². The predicted molar refractivity (Wildman–Crippen MR) is 78.4 cm³/mol. The largest absolute Gasteiger partial charge is 0.397 e. The lowest BCUT2D eigenvalue weighted by atomic mass is 10.2. The zero-order valence-electron chi connectivity index (χ0n) is 10.7. The van der Waals surface area contributed by atoms with Crippen LogP contribution in [0.5, 0.6) is 0 Å². The molecule has 0 aliphatic carbocycles. The van der Waals surface area contributed by atoms with Crippen molar-refractivity contribution in [1.29, 1.82) is 0 Å². The van der Waals surface area contributed by atoms with E-state index in [1.165, 1.54) is 12.1 Å². The number of sulfonamides is 1. The van der Waals surface area contributed by atoms with Gasteiger partial charge < -0.3 is 5.73 Å². The Kier molecular flexibility index (Phi) is 4.24. The molecule has 2 rings (SSSR count). The van der Waals surface area contributed by atoms with Gasteiger partial charge in [0.05, 0.1) is 17.1 Å². The monoisotopic (exact) mass is 294 g/mol. The molecule has 2 aromatic rings. The van der Waals surface area contributed by atoms with Gasteiger partial charge in [0, 0.05) is 6.07 Å². The average molecular weight is 294 g/mol. The van der Waals surface area contributed by atoms with Crippen LogP contribution in [-0.2, 0) is 16.4 Å². The zero-order valence-corrected chi connectivity index (χ0v) is 11.5. The van der Waals surface area contributed by atoms with Crippen molar-refractivity contribution in [3.63, 3.8) is 0 Å². The van der Waals surface area contributed by atoms with E-state index in [2.05, 4.69) is 4.72 Å². The minimum Gasteiger partial charge on any atom is -0.397 e. The van der Waals surface area contributed by atoms with E-state index >= 15 is 0 Å². The summed E-state index contributed by atoms with van der Waals surface area (Å²) in [6, 6.07) is 12.8. The Hall–Kier alpha value is -2.08. The molecule has 2 aromatic carbocycles. The standard InChI is InChI=1S/C14H15FN2O2S/c15-12-6-7-13(16)14(10-12)17-20(18,19)9-8-11-4-2-1-3-5-11/h1-7,10,17H,8-9,16H2. The fraction of sp³-hybridized carbons (Fsp3) is 0.143. The van der Waals surface area contributed by atoms with Gasteiger partial charge in [0.15, 0.2) is 0 Å². The van der Waals surface area contributed by atoms with Crippen LogP contribution in [0.2, 0.25) is 0 Å². The first-order valence-corrected chi connectivity index (χ1v) is 7.71. The summed E-state index contributed by atoms with van der Waals surface area (Å²) in [4.78, 5) is 0. The summed E-state index contributed by atoms with van der Waals surface area (Å²) >= 11 is 0. The van der Waals surface area contributed by atoms with Crippen LogP contribution in [0.25, 0.3) is 0 Å². The lowest BCUT2D eigenvalue weighted by Gasteiger charge is -2.10. The van der Waals surface area contributed by atoms with Gasteiger partial charge in [0.25, 0.3) is 0 Å². The van der Waals surface area contributed by atoms with Crippen molar-refractivity contribution in [2.75, 3.05) is 16.2 Å². The molecule has 0 atom stereocenters. The van der Waals surface area contributed by atoms with Crippen molar-refractivity contribution < 1.29 is 12.8 Å². The second kappa shape index (κ2) is 5.92. The first-order valence-electron chi connectivity index (χ1n) is 6.06. The summed E-state index contributed by atoms with van der Waals surface area (Å²) in [5, 5.41) is 0. The summed E-state index contributed by atoms with van der Waals surface area (Å²) in [6.45, 7) is 0. The molecule has 0 amide bonds. The Morgan fingerprint density at radius 1 is 1.10 bits per heavy atom. The number of anilines is 2. The average Bonchev–Trinajstić information content (AvgIpc) is 2.42. The molecule has 6 heteroatoms. The quantitative estimate of drug-likeness (QED) is 0.832. The van der Waals surface area contributed by atoms with Gasteiger partial charge in [-0.2, -0.15) is 0 Å². The summed E-state index contributed by atoms with van der Waals surface area (Å²) in [7, 11) is -3.57. The van der Waals surface area contributed by atoms with Gasteiger partial charge in [0.2, 0.25) is 10.0 Å². The van der Waals surface area contributed by atoms with E-state index in [-0.39, 0.29) is 17.1 Å². The normalized spacial score (nSPS) is 11.2. The smallest absolute Gasteiger partial charge is 0.233 e. The maximum absolute atomic E-state index is 13.1. The number of nitrogen functional groups attached to an aromatic ring is 1. The van der Waals surface area contributed by atoms with Crippen LogP contribution in [0, 0.1) is 5.82 Å². The highest BCUT2D eigenvalue weighted by Crippen LogP contribution is 2.20. The Balaban J connectivity index is 2.06. The van der Waals surface area contributed by atoms with Gasteiger partial charge >= 0.3 is 0 Å². The number of nitrogens with one attached hydrogen (secondary N) is 1. The third kappa shape index (κ3) is 3.96. The molecule has 0 radical (unpaired) electrons. The second-order valence-corrected chi connectivity index (χ2v) is 6.23. The molecule has 0 aliphatic heterocycles. The number of hydrogen-bond donors (Lipinski definition) is 2. The topological polar surface area (TPSA) is 72.2 Å². The molecule has 0 aliphatic rings. The highest BCUT2D eigenvalue weighted by molar-refractivity contribution is 7.92. The van der Waals surface area contributed by atoms with E-state index in [4.69, 9.17) is 5.73 Å². The van der Waals surface area contributed by atoms with Crippen molar-refractivity contribution in [3.8, 4) is 0 Å². The Morgan fingerprint density at radius 2 is 1.80 bits per heavy atom. The van der Waals surface area contributed by atoms with Gasteiger partial charge in [0.1, 0.15) is 5.82 Å². The van der Waals surface area contributed by atoms with Crippen molar-refractivity contribution in [3.05, 3.63) is 59.9 Å². The third-order valence-electron chi connectivity index (χ3n) is 2.78. The molecule has 0 bridgehead atoms. The Labute approximate surface area is 117 Å². The van der Waals surface area contributed by atoms with Crippen LogP contribution in [0.3, 0.4) is 0 Å². The van der Waals surface area contributed by atoms with Gasteiger partial charge in [-0.25, -0.2) is 12.8 Å². The van der Waals surface area contributed by atoms with Crippen molar-refractivity contribution in [1.82, 2.24) is 0 Å². The van der Waals surface area contributed by atoms with E-state index in [9.17, 15) is 12.8 Å². The van der Waals surface area contributed by atoms with E-state index in [1.807, 2.05) is 30.3 Å². The molecule has 0 fully saturated rings. The summed E-state index contributed by atoms with van der Waals surface area (Å²) in [5.41, 5.74) is 6.79. The third-order valence-corrected chi connectivity index (χ3v) is 4.06. The van der Waals surface area contributed by atoms with Gasteiger partial charge in [-0.15, -0.1) is 0 Å². The molecule has 0 saturated carbocycles. The van der Waals surface area contributed by atoms with Crippen LogP contribution in [0.1, 0.15) is 5.56 Å². The van der Waals surface area contributed by atoms with E-state index < -0.39 is 15.8 Å². The molecule has 0 aromatic heterocycles. The Morgan fingerprint density at radius 3 is 2.50 bits per heavy atom. The van der Waals surface area contributed by atoms with Crippen molar-refractivity contribution in [2.45, 2.75) is 6.42 Å². The lowest BCUT2D eigenvalue weighted by molar-refractivity contribution is 0.600. The number of hydrogen-bond acceptors (Lipinski definition) is 3. The maximum Gasteiger partial charge on any atom is 0.233 e. The number of rotatable bonds is 5. The van der Waals surface area contributed by atoms with Crippen LogP contribution in [0.15, 0.2) is 48.5 Å². The molecular weight excluding hydrogens is 279 g/mol. The van der Waals surface area contributed by atoms with E-state index in [0.717, 1.165) is 11.6 Å². The fourth-order valence-corrected chi connectivity index (χ4v) is 2.85. The van der Waals surface area contributed by atoms with Gasteiger partial charge in [-0.1, -0.05) is 30.3 Å². The SMILES string of the molecule is Nc1ccc(F)cc1NS(=O)(=O)CCc1ccccc1. The second-order valence-electron chi connectivity index (χ2n) is 4.39. The molecule has 0 unspecified atom stereocenters. The molecule has 3 N–H and O–H groups in total. The van der Waals surface area contributed by atoms with E-state index in [1.54, 1.807) is 0 Å². The number of nitrogens with two attached hydrogens (primary N) is 1. The highest BCUT2D eigenvalue weighted by atomic mass is 32.2. The van der Waals surface area contributed by atoms with Crippen LogP contribution in [-0.4, -0.2) is 14.2 Å². The minimum absolute atomic E-state index is 0.0676. The molecule has 0 saturated heterocycles. The highest BCUT2D eigenvalue weighted by Gasteiger charge is 2.13. The predicted octanol–water partition coefficient (Wildman–Crippen LogP) is 2.39. The first-order chi connectivity index (χ1) is 9.46. The number of benzene rings is 2. The lowest BCUT2D eigenvalue weighted by Crippen LogP contribution is -2.19. The maximum atomic E-state index is 13.1. The molecular formula is C14H15FN2O2S. The number of halogens is 1. The van der Waals surface area contributed by atoms with Crippen LogP contribution in [0.4, 0.5) is 15.8 Å². The van der Waals surface area contributed by atoms with E-state index in [0.29, 0.717) is 6.42 Å². The Bertz CT molecular complexity index is 688. The minimum atomic E-state index is -3.57. The van der Waals surface area contributed by atoms with Crippen LogP contribution < -0.4 is 10.5 Å².